The maximum atomic E-state index is 11.2. The molecule has 2 heteroatoms. The van der Waals surface area contributed by atoms with E-state index in [1.54, 1.807) is 6.92 Å². The molecule has 0 saturated heterocycles. The predicted octanol–water partition coefficient (Wildman–Crippen LogP) is 1.80. The Labute approximate surface area is 73.0 Å². The summed E-state index contributed by atoms with van der Waals surface area (Å²) in [5, 5.41) is 0. The third-order valence-electron chi connectivity index (χ3n) is 2.19. The first-order valence-electron chi connectivity index (χ1n) is 3.96. The Morgan fingerprint density at radius 3 is 2.08 bits per heavy atom. The lowest BCUT2D eigenvalue weighted by molar-refractivity contribution is -0.125. The van der Waals surface area contributed by atoms with Crippen molar-refractivity contribution in [2.75, 3.05) is 14.1 Å². The molecule has 64 valence electrons. The summed E-state index contributed by atoms with van der Waals surface area (Å²) in [5.41, 5.74) is 1.02. The maximum Gasteiger partial charge on any atom is 0.315 e. The van der Waals surface area contributed by atoms with Crippen LogP contribution in [-0.2, 0) is 4.79 Å². The minimum Gasteiger partial charge on any atom is -0.234 e. The van der Waals surface area contributed by atoms with Gasteiger partial charge in [-0.3, -0.25) is 0 Å². The molecule has 0 bridgehead atoms. The van der Waals surface area contributed by atoms with Crippen molar-refractivity contribution in [3.8, 4) is 0 Å². The van der Waals surface area contributed by atoms with Gasteiger partial charge < -0.3 is 0 Å². The smallest absolute Gasteiger partial charge is 0.234 e. The highest BCUT2D eigenvalue weighted by atomic mass is 16.2. The molecule has 1 amide bonds. The molecule has 0 N–H and O–H groups in total. The van der Waals surface area contributed by atoms with Crippen LogP contribution < -0.4 is 4.48 Å². The lowest BCUT2D eigenvalue weighted by Gasteiger charge is -2.24. The lowest BCUT2D eigenvalue weighted by Crippen LogP contribution is -2.44. The van der Waals surface area contributed by atoms with Gasteiger partial charge in [0.15, 0.2) is 0 Å². The summed E-state index contributed by atoms with van der Waals surface area (Å²) in [6, 6.07) is 9.75. The van der Waals surface area contributed by atoms with Gasteiger partial charge in [0.2, 0.25) is 0 Å². The fourth-order valence-corrected chi connectivity index (χ4v) is 0.982. The van der Waals surface area contributed by atoms with Gasteiger partial charge >= 0.3 is 5.91 Å². The summed E-state index contributed by atoms with van der Waals surface area (Å²) in [6.07, 6.45) is 0. The standard InChI is InChI=1S/C10H14NO/c1-9(12)11(2,3)10-7-5-4-6-8-10/h4-8H,1-3H3/q+1. The molecule has 2 nitrogen and oxygen atoms in total. The normalized spacial score (nSPS) is 11.2. The van der Waals surface area contributed by atoms with Crippen LogP contribution in [-0.4, -0.2) is 20.0 Å². The first-order valence-corrected chi connectivity index (χ1v) is 3.96. The van der Waals surface area contributed by atoms with E-state index in [2.05, 4.69) is 0 Å². The molecule has 0 aliphatic heterocycles. The first kappa shape index (κ1) is 8.94. The SMILES string of the molecule is CC(=O)[N+](C)(C)c1ccccc1. The van der Waals surface area contributed by atoms with E-state index in [4.69, 9.17) is 0 Å². The zero-order chi connectivity index (χ0) is 9.19. The van der Waals surface area contributed by atoms with Crippen molar-refractivity contribution in [1.29, 1.82) is 0 Å². The van der Waals surface area contributed by atoms with E-state index >= 15 is 0 Å². The van der Waals surface area contributed by atoms with Crippen LogP contribution in [0.1, 0.15) is 6.92 Å². The number of amides is 1. The summed E-state index contributed by atoms with van der Waals surface area (Å²) >= 11 is 0. The van der Waals surface area contributed by atoms with Gasteiger partial charge in [-0.25, -0.2) is 9.28 Å². The molecule has 0 heterocycles. The monoisotopic (exact) mass is 164 g/mol. The molecular weight excluding hydrogens is 150 g/mol. The van der Waals surface area contributed by atoms with E-state index < -0.39 is 0 Å². The first-order chi connectivity index (χ1) is 5.55. The molecule has 0 atom stereocenters. The van der Waals surface area contributed by atoms with E-state index in [9.17, 15) is 4.79 Å². The van der Waals surface area contributed by atoms with Crippen molar-refractivity contribution >= 4 is 11.6 Å². The van der Waals surface area contributed by atoms with Crippen LogP contribution >= 0.6 is 0 Å². The van der Waals surface area contributed by atoms with Crippen molar-refractivity contribution in [2.45, 2.75) is 6.92 Å². The summed E-state index contributed by atoms with van der Waals surface area (Å²) < 4.78 is 0.306. The number of hydrogen-bond acceptors (Lipinski definition) is 1. The second-order valence-corrected chi connectivity index (χ2v) is 3.31. The second kappa shape index (κ2) is 3.07. The third-order valence-corrected chi connectivity index (χ3v) is 2.19. The Hall–Kier alpha value is -1.15. The van der Waals surface area contributed by atoms with E-state index in [0.29, 0.717) is 4.48 Å². The zero-order valence-corrected chi connectivity index (χ0v) is 7.74. The number of nitrogens with zero attached hydrogens (tertiary/aromatic N) is 1. The number of rotatable bonds is 1. The minimum atomic E-state index is 0.140. The quantitative estimate of drug-likeness (QED) is 0.578. The van der Waals surface area contributed by atoms with Gasteiger partial charge in [-0.1, -0.05) is 18.2 Å². The van der Waals surface area contributed by atoms with Crippen LogP contribution in [0, 0.1) is 0 Å². The van der Waals surface area contributed by atoms with Crippen LogP contribution in [0.25, 0.3) is 0 Å². The predicted molar refractivity (Wildman–Crippen MR) is 50.8 cm³/mol. The molecule has 12 heavy (non-hydrogen) atoms. The number of carbonyl (C=O) groups excluding carboxylic acids is 1. The van der Waals surface area contributed by atoms with Crippen molar-refractivity contribution in [1.82, 2.24) is 4.48 Å². The van der Waals surface area contributed by atoms with E-state index in [-0.39, 0.29) is 5.91 Å². The molecule has 0 radical (unpaired) electrons. The maximum absolute atomic E-state index is 11.2. The van der Waals surface area contributed by atoms with E-state index in [1.807, 2.05) is 44.4 Å². The van der Waals surface area contributed by atoms with Crippen molar-refractivity contribution in [2.24, 2.45) is 0 Å². The Morgan fingerprint density at radius 2 is 1.67 bits per heavy atom. The van der Waals surface area contributed by atoms with Gasteiger partial charge in [-0.2, -0.15) is 0 Å². The Balaban J connectivity index is 3.06. The largest absolute Gasteiger partial charge is 0.315 e. The topological polar surface area (TPSA) is 17.1 Å². The number of benzene rings is 1. The Bertz CT molecular complexity index is 277. The van der Waals surface area contributed by atoms with Gasteiger partial charge in [0, 0.05) is 0 Å². The zero-order valence-electron chi connectivity index (χ0n) is 7.74. The summed E-state index contributed by atoms with van der Waals surface area (Å²) in [4.78, 5) is 11.2. The van der Waals surface area contributed by atoms with Crippen molar-refractivity contribution in [3.63, 3.8) is 0 Å². The van der Waals surface area contributed by atoms with Gasteiger partial charge in [0.05, 0.1) is 21.0 Å². The Morgan fingerprint density at radius 1 is 1.17 bits per heavy atom. The molecule has 0 aromatic heterocycles. The van der Waals surface area contributed by atoms with E-state index in [1.165, 1.54) is 0 Å². The molecule has 0 saturated carbocycles. The average molecular weight is 164 g/mol. The van der Waals surface area contributed by atoms with Gasteiger partial charge in [-0.05, 0) is 12.1 Å². The summed E-state index contributed by atoms with van der Waals surface area (Å²) in [7, 11) is 3.77. The molecular formula is C10H14NO+. The van der Waals surface area contributed by atoms with Crippen molar-refractivity contribution in [3.05, 3.63) is 30.3 Å². The lowest BCUT2D eigenvalue weighted by atomic mass is 10.2. The van der Waals surface area contributed by atoms with E-state index in [0.717, 1.165) is 5.69 Å². The number of carbonyl (C=O) groups is 1. The van der Waals surface area contributed by atoms with Gasteiger partial charge in [0.1, 0.15) is 5.69 Å². The molecule has 1 rings (SSSR count). The van der Waals surface area contributed by atoms with Crippen LogP contribution in [0.2, 0.25) is 0 Å². The van der Waals surface area contributed by atoms with Crippen LogP contribution in [0.5, 0.6) is 0 Å². The third kappa shape index (κ3) is 1.53. The fraction of sp³-hybridized carbons (Fsp3) is 0.300. The molecule has 0 unspecified atom stereocenters. The molecule has 1 aromatic rings. The highest BCUT2D eigenvalue weighted by molar-refractivity contribution is 5.85. The molecule has 0 fully saturated rings. The highest BCUT2D eigenvalue weighted by Gasteiger charge is 2.23. The summed E-state index contributed by atoms with van der Waals surface area (Å²) in [6.45, 7) is 1.60. The number of quaternary nitrogens is 1. The van der Waals surface area contributed by atoms with Gasteiger partial charge in [0.25, 0.3) is 0 Å². The van der Waals surface area contributed by atoms with Crippen LogP contribution in [0.4, 0.5) is 5.69 Å². The fourth-order valence-electron chi connectivity index (χ4n) is 0.982. The number of hydrogen-bond donors (Lipinski definition) is 0. The minimum absolute atomic E-state index is 0.140. The average Bonchev–Trinajstić information content (AvgIpc) is 2.06. The number of para-hydroxylation sites is 1. The Kier molecular flexibility index (Phi) is 2.29. The molecule has 0 spiro atoms. The molecule has 0 aliphatic rings. The molecule has 0 aliphatic carbocycles. The van der Waals surface area contributed by atoms with Crippen LogP contribution in [0.3, 0.4) is 0 Å². The highest BCUT2D eigenvalue weighted by Crippen LogP contribution is 2.17. The molecule has 1 aromatic carbocycles. The summed E-state index contributed by atoms with van der Waals surface area (Å²) in [5.74, 6) is 0.140. The van der Waals surface area contributed by atoms with Crippen molar-refractivity contribution < 1.29 is 4.79 Å². The second-order valence-electron chi connectivity index (χ2n) is 3.31. The van der Waals surface area contributed by atoms with Crippen LogP contribution in [0.15, 0.2) is 30.3 Å². The van der Waals surface area contributed by atoms with Gasteiger partial charge in [-0.15, -0.1) is 0 Å².